The smallest absolute Gasteiger partial charge is 0.394 e. The maximum absolute atomic E-state index is 12.6. The highest BCUT2D eigenvalue weighted by Gasteiger charge is 2.71. The van der Waals surface area contributed by atoms with Crippen molar-refractivity contribution in [2.45, 2.75) is 55.9 Å². The van der Waals surface area contributed by atoms with Crippen LogP contribution in [-0.2, 0) is 0 Å². The lowest BCUT2D eigenvalue weighted by Crippen LogP contribution is -2.63. The number of hydrogen-bond donors (Lipinski definition) is 3. The van der Waals surface area contributed by atoms with E-state index < -0.39 is 62.1 Å². The van der Waals surface area contributed by atoms with E-state index in [1.54, 1.807) is 13.8 Å². The lowest BCUT2D eigenvalue weighted by molar-refractivity contribution is -0.372. The van der Waals surface area contributed by atoms with E-state index in [4.69, 9.17) is 15.3 Å². The molecule has 0 fully saturated rings. The number of nitrogens with zero attached hydrogens (tertiary/aromatic N) is 2. The Hall–Kier alpha value is -0.508. The minimum Gasteiger partial charge on any atom is -0.394 e. The van der Waals surface area contributed by atoms with Crippen LogP contribution in [0.3, 0.4) is 0 Å². The topological polar surface area (TPSA) is 67.2 Å². The molecule has 0 aromatic rings. The molecule has 0 spiro atoms. The summed E-state index contributed by atoms with van der Waals surface area (Å²) in [5.41, 5.74) is -10.3. The zero-order valence-corrected chi connectivity index (χ0v) is 18.9. The predicted octanol–water partition coefficient (Wildman–Crippen LogP) is 2.57. The second-order valence-corrected chi connectivity index (χ2v) is 7.28. The Morgan fingerprint density at radius 1 is 0.576 bits per heavy atom. The van der Waals surface area contributed by atoms with Gasteiger partial charge in [-0.15, -0.1) is 0 Å². The van der Waals surface area contributed by atoms with E-state index in [1.807, 2.05) is 0 Å². The van der Waals surface area contributed by atoms with E-state index in [9.17, 15) is 52.7 Å². The van der Waals surface area contributed by atoms with E-state index in [2.05, 4.69) is 0 Å². The first-order chi connectivity index (χ1) is 13.7. The van der Waals surface area contributed by atoms with Gasteiger partial charge in [0.05, 0.1) is 0 Å². The average molecular weight is 535 g/mol. The zero-order chi connectivity index (χ0) is 26.6. The van der Waals surface area contributed by atoms with Crippen LogP contribution in [-0.4, -0.2) is 125 Å². The Bertz CT molecular complexity index is 488. The van der Waals surface area contributed by atoms with Crippen molar-refractivity contribution in [1.29, 1.82) is 0 Å². The van der Waals surface area contributed by atoms with Gasteiger partial charge in [0.1, 0.15) is 0 Å². The van der Waals surface area contributed by atoms with Crippen LogP contribution in [0.4, 0.5) is 52.7 Å². The van der Waals surface area contributed by atoms with Crippen molar-refractivity contribution in [1.82, 2.24) is 9.80 Å². The van der Waals surface area contributed by atoms with Gasteiger partial charge in [0.25, 0.3) is 11.2 Å². The van der Waals surface area contributed by atoms with Crippen LogP contribution in [0.2, 0.25) is 0 Å². The van der Waals surface area contributed by atoms with Gasteiger partial charge in [-0.3, -0.25) is 0 Å². The van der Waals surface area contributed by atoms with Crippen molar-refractivity contribution in [2.24, 2.45) is 0 Å². The Morgan fingerprint density at radius 3 is 0.848 bits per heavy atom. The van der Waals surface area contributed by atoms with Crippen molar-refractivity contribution in [3.8, 4) is 0 Å². The van der Waals surface area contributed by atoms with Crippen LogP contribution in [0.15, 0.2) is 0 Å². The molecule has 0 aliphatic carbocycles. The second kappa shape index (κ2) is 12.5. The molecule has 33 heavy (non-hydrogen) atoms. The number of likely N-dealkylation sites (N-methyl/N-ethyl adjacent to an activating group) is 2. The number of alkyl halides is 12. The monoisotopic (exact) mass is 535 g/mol. The highest BCUT2D eigenvalue weighted by atomic mass is 27.0. The molecule has 3 radical (unpaired) electrons. The predicted molar refractivity (Wildman–Crippen MR) is 92.2 cm³/mol. The van der Waals surface area contributed by atoms with Crippen molar-refractivity contribution in [3.05, 3.63) is 0 Å². The fourth-order valence-corrected chi connectivity index (χ4v) is 1.96. The molecule has 0 heterocycles. The number of aliphatic hydroxyl groups is 3. The maximum Gasteiger partial charge on any atom is 0.427 e. The second-order valence-electron chi connectivity index (χ2n) is 7.28. The van der Waals surface area contributed by atoms with E-state index in [-0.39, 0.29) is 33.3 Å². The Balaban J connectivity index is -0.00000165. The van der Waals surface area contributed by atoms with Gasteiger partial charge in [0.15, 0.2) is 0 Å². The molecule has 199 valence electrons. The summed E-state index contributed by atoms with van der Waals surface area (Å²) in [5, 5.41) is 26.0. The molecule has 18 heteroatoms. The standard InChI is InChI=1S/C12H16F12N2O2.C3H8O.Al/c1-25(5-7(27,9(13,14)15)10(16,17)18)3-4-26(2)6-8(28,11(19,20)21)12(22,23)24;1-3(2)4;/h27-28H,3-6H2,1-2H3;3-4H,1-2H3;. The van der Waals surface area contributed by atoms with Gasteiger partial charge in [-0.25, -0.2) is 0 Å². The van der Waals surface area contributed by atoms with Crippen LogP contribution >= 0.6 is 0 Å². The zero-order valence-electron chi connectivity index (χ0n) is 17.8. The Labute approximate surface area is 192 Å². The maximum atomic E-state index is 12.6. The summed E-state index contributed by atoms with van der Waals surface area (Å²) >= 11 is 0. The number of rotatable bonds is 7. The van der Waals surface area contributed by atoms with E-state index in [0.29, 0.717) is 14.1 Å². The van der Waals surface area contributed by atoms with Crippen molar-refractivity contribution < 1.29 is 68.0 Å². The first kappa shape index (κ1) is 37.0. The van der Waals surface area contributed by atoms with Crippen LogP contribution < -0.4 is 0 Å². The highest BCUT2D eigenvalue weighted by Crippen LogP contribution is 2.44. The SMILES string of the molecule is CC(C)O.CN(CCN(C)CC(O)(C(F)(F)F)C(F)(F)F)CC(O)(C(F)(F)F)C(F)(F)F.[Al]. The van der Waals surface area contributed by atoms with Gasteiger partial charge < -0.3 is 25.1 Å². The molecule has 0 amide bonds. The summed E-state index contributed by atoms with van der Waals surface area (Å²) in [6, 6.07) is 0. The van der Waals surface area contributed by atoms with Crippen molar-refractivity contribution in [3.63, 3.8) is 0 Å². The summed E-state index contributed by atoms with van der Waals surface area (Å²) in [6.07, 6.45) is -24.7. The fraction of sp³-hybridized carbons (Fsp3) is 1.00. The lowest BCUT2D eigenvalue weighted by Gasteiger charge is -2.37. The minimum absolute atomic E-state index is 0. The van der Waals surface area contributed by atoms with E-state index in [1.165, 1.54) is 0 Å². The summed E-state index contributed by atoms with van der Waals surface area (Å²) in [7, 11) is 1.27. The lowest BCUT2D eigenvalue weighted by atomic mass is 10.0. The average Bonchev–Trinajstić information content (AvgIpc) is 2.47. The molecule has 0 rings (SSSR count). The summed E-state index contributed by atoms with van der Waals surface area (Å²) in [5.74, 6) is 0. The molecule has 0 unspecified atom stereocenters. The van der Waals surface area contributed by atoms with Crippen LogP contribution in [0, 0.1) is 0 Å². The Morgan fingerprint density at radius 2 is 0.727 bits per heavy atom. The van der Waals surface area contributed by atoms with Gasteiger partial charge in [0.2, 0.25) is 0 Å². The number of hydrogen-bond acceptors (Lipinski definition) is 5. The molecule has 3 N–H and O–H groups in total. The molecule has 0 aliphatic heterocycles. The number of halogens is 12. The third kappa shape index (κ3) is 10.7. The summed E-state index contributed by atoms with van der Waals surface area (Å²) < 4.78 is 151. The van der Waals surface area contributed by atoms with E-state index >= 15 is 0 Å². The molecule has 0 bridgehead atoms. The molecular formula is C15H24AlF12N2O3. The molecule has 0 aromatic heterocycles. The summed E-state index contributed by atoms with van der Waals surface area (Å²) in [6.45, 7) is -2.49. The first-order valence-corrected chi connectivity index (χ1v) is 8.49. The van der Waals surface area contributed by atoms with Crippen LogP contribution in [0.25, 0.3) is 0 Å². The molecule has 0 atom stereocenters. The molecule has 5 nitrogen and oxygen atoms in total. The van der Waals surface area contributed by atoms with Gasteiger partial charge in [-0.05, 0) is 27.9 Å². The molecule has 0 saturated heterocycles. The first-order valence-electron chi connectivity index (χ1n) is 8.49. The van der Waals surface area contributed by atoms with Crippen LogP contribution in [0.1, 0.15) is 13.8 Å². The van der Waals surface area contributed by atoms with Gasteiger partial charge in [0, 0.05) is 49.6 Å². The molecule has 0 aromatic carbocycles. The third-order valence-electron chi connectivity index (χ3n) is 3.74. The molecule has 0 saturated carbocycles. The summed E-state index contributed by atoms with van der Waals surface area (Å²) in [4.78, 5) is 0.440. The largest absolute Gasteiger partial charge is 0.427 e. The fourth-order valence-electron chi connectivity index (χ4n) is 1.96. The van der Waals surface area contributed by atoms with E-state index in [0.717, 1.165) is 0 Å². The van der Waals surface area contributed by atoms with Gasteiger partial charge >= 0.3 is 24.7 Å². The highest BCUT2D eigenvalue weighted by molar-refractivity contribution is 5.75. The Kier molecular flexibility index (Phi) is 14.0. The number of aliphatic hydroxyl groups excluding tert-OH is 1. The molecule has 0 aliphatic rings. The normalized spacial score (nSPS) is 14.4. The van der Waals surface area contributed by atoms with Gasteiger partial charge in [-0.1, -0.05) is 0 Å². The third-order valence-corrected chi connectivity index (χ3v) is 3.74. The van der Waals surface area contributed by atoms with Crippen molar-refractivity contribution >= 4 is 17.4 Å². The quantitative estimate of drug-likeness (QED) is 0.346. The molecular weight excluding hydrogens is 511 g/mol. The van der Waals surface area contributed by atoms with Crippen molar-refractivity contribution in [2.75, 3.05) is 40.3 Å². The van der Waals surface area contributed by atoms with Crippen LogP contribution in [0.5, 0.6) is 0 Å². The minimum atomic E-state index is -6.14. The van der Waals surface area contributed by atoms with Gasteiger partial charge in [-0.2, -0.15) is 52.7 Å².